The van der Waals surface area contributed by atoms with Crippen LogP contribution in [0.1, 0.15) is 33.3 Å². The summed E-state index contributed by atoms with van der Waals surface area (Å²) in [7, 11) is 0. The van der Waals surface area contributed by atoms with Crippen LogP contribution in [0.25, 0.3) is 0 Å². The van der Waals surface area contributed by atoms with Crippen molar-refractivity contribution in [2.75, 3.05) is 19.8 Å². The van der Waals surface area contributed by atoms with Crippen LogP contribution < -0.4 is 20.1 Å². The van der Waals surface area contributed by atoms with Crippen LogP contribution in [0.2, 0.25) is 0 Å². The van der Waals surface area contributed by atoms with Gasteiger partial charge in [-0.05, 0) is 45.4 Å². The van der Waals surface area contributed by atoms with Crippen molar-refractivity contribution in [1.82, 2.24) is 15.6 Å². The SMILES string of the molecule is CCNC(=NCc1ccc(OCCOc2ccccc2)nc1)NC(C)(C)C. The van der Waals surface area contributed by atoms with Gasteiger partial charge in [0.15, 0.2) is 5.96 Å². The Labute approximate surface area is 162 Å². The Kier molecular flexibility index (Phi) is 7.92. The highest BCUT2D eigenvalue weighted by molar-refractivity contribution is 5.80. The van der Waals surface area contributed by atoms with E-state index < -0.39 is 0 Å². The van der Waals surface area contributed by atoms with Gasteiger partial charge in [-0.3, -0.25) is 0 Å². The minimum absolute atomic E-state index is 0.0429. The fourth-order valence-corrected chi connectivity index (χ4v) is 2.24. The number of para-hydroxylation sites is 1. The monoisotopic (exact) mass is 370 g/mol. The highest BCUT2D eigenvalue weighted by Crippen LogP contribution is 2.10. The van der Waals surface area contributed by atoms with Gasteiger partial charge in [0, 0.05) is 24.3 Å². The summed E-state index contributed by atoms with van der Waals surface area (Å²) >= 11 is 0. The van der Waals surface area contributed by atoms with E-state index in [-0.39, 0.29) is 5.54 Å². The number of benzene rings is 1. The van der Waals surface area contributed by atoms with Crippen LogP contribution in [0.15, 0.2) is 53.7 Å². The zero-order valence-electron chi connectivity index (χ0n) is 16.7. The first-order valence-corrected chi connectivity index (χ1v) is 9.28. The number of ether oxygens (including phenoxy) is 2. The second-order valence-electron chi connectivity index (χ2n) is 7.08. The Morgan fingerprint density at radius 3 is 2.41 bits per heavy atom. The fourth-order valence-electron chi connectivity index (χ4n) is 2.24. The van der Waals surface area contributed by atoms with Crippen molar-refractivity contribution < 1.29 is 9.47 Å². The van der Waals surface area contributed by atoms with Gasteiger partial charge in [0.05, 0.1) is 6.54 Å². The van der Waals surface area contributed by atoms with E-state index >= 15 is 0 Å². The maximum absolute atomic E-state index is 5.62. The molecule has 146 valence electrons. The molecule has 0 aliphatic heterocycles. The summed E-state index contributed by atoms with van der Waals surface area (Å²) in [4.78, 5) is 8.94. The summed E-state index contributed by atoms with van der Waals surface area (Å²) in [6.45, 7) is 10.7. The molecular weight excluding hydrogens is 340 g/mol. The van der Waals surface area contributed by atoms with Crippen molar-refractivity contribution in [3.8, 4) is 11.6 Å². The molecule has 27 heavy (non-hydrogen) atoms. The van der Waals surface area contributed by atoms with Gasteiger partial charge < -0.3 is 20.1 Å². The lowest BCUT2D eigenvalue weighted by Crippen LogP contribution is -2.47. The molecule has 1 heterocycles. The van der Waals surface area contributed by atoms with Crippen LogP contribution in [-0.2, 0) is 6.54 Å². The number of pyridine rings is 1. The normalized spacial score (nSPS) is 11.8. The van der Waals surface area contributed by atoms with Crippen molar-refractivity contribution in [2.45, 2.75) is 39.8 Å². The van der Waals surface area contributed by atoms with E-state index in [0.717, 1.165) is 23.8 Å². The maximum Gasteiger partial charge on any atom is 0.213 e. The average molecular weight is 370 g/mol. The second kappa shape index (κ2) is 10.4. The third-order valence-electron chi connectivity index (χ3n) is 3.40. The number of hydrogen-bond acceptors (Lipinski definition) is 4. The molecule has 2 N–H and O–H groups in total. The number of nitrogens with one attached hydrogen (secondary N) is 2. The lowest BCUT2D eigenvalue weighted by Gasteiger charge is -2.23. The molecular formula is C21H30N4O2. The molecule has 0 unspecified atom stereocenters. The third kappa shape index (κ3) is 8.44. The van der Waals surface area contributed by atoms with Gasteiger partial charge in [-0.25, -0.2) is 9.98 Å². The average Bonchev–Trinajstić information content (AvgIpc) is 2.64. The van der Waals surface area contributed by atoms with Crippen LogP contribution >= 0.6 is 0 Å². The highest BCUT2D eigenvalue weighted by atomic mass is 16.5. The van der Waals surface area contributed by atoms with Gasteiger partial charge in [0.1, 0.15) is 19.0 Å². The Bertz CT molecular complexity index is 694. The minimum Gasteiger partial charge on any atom is -0.490 e. The molecule has 0 fully saturated rings. The lowest BCUT2D eigenvalue weighted by molar-refractivity contribution is 0.212. The predicted octanol–water partition coefficient (Wildman–Crippen LogP) is 3.39. The third-order valence-corrected chi connectivity index (χ3v) is 3.40. The van der Waals surface area contributed by atoms with Crippen molar-refractivity contribution in [1.29, 1.82) is 0 Å². The van der Waals surface area contributed by atoms with Crippen molar-refractivity contribution in [2.24, 2.45) is 4.99 Å². The molecule has 6 nitrogen and oxygen atoms in total. The van der Waals surface area contributed by atoms with Gasteiger partial charge in [-0.1, -0.05) is 24.3 Å². The summed E-state index contributed by atoms with van der Waals surface area (Å²) in [6, 6.07) is 13.5. The van der Waals surface area contributed by atoms with E-state index in [1.54, 1.807) is 6.20 Å². The maximum atomic E-state index is 5.62. The topological polar surface area (TPSA) is 67.8 Å². The van der Waals surface area contributed by atoms with Crippen LogP contribution in [0.5, 0.6) is 11.6 Å². The summed E-state index contributed by atoms with van der Waals surface area (Å²) in [5.41, 5.74) is 0.979. The number of guanidine groups is 1. The van der Waals surface area contributed by atoms with Gasteiger partial charge in [0.2, 0.25) is 5.88 Å². The number of nitrogens with zero attached hydrogens (tertiary/aromatic N) is 2. The largest absolute Gasteiger partial charge is 0.490 e. The second-order valence-corrected chi connectivity index (χ2v) is 7.08. The lowest BCUT2D eigenvalue weighted by atomic mass is 10.1. The van der Waals surface area contributed by atoms with Crippen molar-refractivity contribution >= 4 is 5.96 Å². The molecule has 0 saturated carbocycles. The van der Waals surface area contributed by atoms with Crippen LogP contribution in [-0.4, -0.2) is 36.2 Å². The van der Waals surface area contributed by atoms with Crippen LogP contribution in [0, 0.1) is 0 Å². The molecule has 0 atom stereocenters. The molecule has 0 aliphatic carbocycles. The van der Waals surface area contributed by atoms with Crippen molar-refractivity contribution in [3.05, 3.63) is 54.2 Å². The van der Waals surface area contributed by atoms with Crippen molar-refractivity contribution in [3.63, 3.8) is 0 Å². The van der Waals surface area contributed by atoms with Gasteiger partial charge >= 0.3 is 0 Å². The van der Waals surface area contributed by atoms with E-state index in [9.17, 15) is 0 Å². The first-order chi connectivity index (χ1) is 13.0. The zero-order valence-corrected chi connectivity index (χ0v) is 16.7. The molecule has 2 rings (SSSR count). The Balaban J connectivity index is 1.79. The van der Waals surface area contributed by atoms with Crippen LogP contribution in [0.3, 0.4) is 0 Å². The summed E-state index contributed by atoms with van der Waals surface area (Å²) in [5.74, 6) is 2.21. The first kappa shape index (κ1) is 20.6. The Hall–Kier alpha value is -2.76. The van der Waals surface area contributed by atoms with E-state index in [1.807, 2.05) is 42.5 Å². The molecule has 0 bridgehead atoms. The summed E-state index contributed by atoms with van der Waals surface area (Å²) < 4.78 is 11.2. The fraction of sp³-hybridized carbons (Fsp3) is 0.429. The number of aromatic nitrogens is 1. The minimum atomic E-state index is -0.0429. The molecule has 2 aromatic rings. The standard InChI is InChI=1S/C21H30N4O2/c1-5-22-20(25-21(2,3)4)24-16-17-11-12-19(23-15-17)27-14-13-26-18-9-7-6-8-10-18/h6-12,15H,5,13-14,16H2,1-4H3,(H2,22,24,25). The Morgan fingerprint density at radius 1 is 1.04 bits per heavy atom. The molecule has 0 spiro atoms. The Morgan fingerprint density at radius 2 is 1.78 bits per heavy atom. The molecule has 0 saturated heterocycles. The van der Waals surface area contributed by atoms with Gasteiger partial charge in [0.25, 0.3) is 0 Å². The molecule has 1 aromatic heterocycles. The summed E-state index contributed by atoms with van der Waals surface area (Å²) in [5, 5.41) is 6.61. The highest BCUT2D eigenvalue weighted by Gasteiger charge is 2.11. The van der Waals surface area contributed by atoms with E-state index in [2.05, 4.69) is 48.3 Å². The summed E-state index contributed by atoms with van der Waals surface area (Å²) in [6.07, 6.45) is 1.79. The molecule has 0 radical (unpaired) electrons. The zero-order chi connectivity index (χ0) is 19.5. The number of hydrogen-bond donors (Lipinski definition) is 2. The van der Waals surface area contributed by atoms with E-state index in [4.69, 9.17) is 9.47 Å². The van der Waals surface area contributed by atoms with Gasteiger partial charge in [-0.15, -0.1) is 0 Å². The number of aliphatic imine (C=N–C) groups is 1. The van der Waals surface area contributed by atoms with E-state index in [1.165, 1.54) is 0 Å². The smallest absolute Gasteiger partial charge is 0.213 e. The molecule has 1 aromatic carbocycles. The van der Waals surface area contributed by atoms with Crippen LogP contribution in [0.4, 0.5) is 0 Å². The quantitative estimate of drug-likeness (QED) is 0.423. The molecule has 6 heteroatoms. The molecule has 0 aliphatic rings. The number of rotatable bonds is 8. The first-order valence-electron chi connectivity index (χ1n) is 9.28. The van der Waals surface area contributed by atoms with Gasteiger partial charge in [-0.2, -0.15) is 0 Å². The predicted molar refractivity (Wildman–Crippen MR) is 109 cm³/mol. The van der Waals surface area contributed by atoms with E-state index in [0.29, 0.717) is 25.6 Å². The molecule has 0 amide bonds.